The number of aliphatic imine (C=N–C) groups is 1. The van der Waals surface area contributed by atoms with E-state index in [-0.39, 0.29) is 11.5 Å². The van der Waals surface area contributed by atoms with E-state index in [1.165, 1.54) is 69.6 Å². The number of aromatic nitrogens is 1. The van der Waals surface area contributed by atoms with Crippen LogP contribution in [0.1, 0.15) is 25.0 Å². The van der Waals surface area contributed by atoms with E-state index in [1.54, 1.807) is 0 Å². The molecule has 2 aliphatic rings. The lowest BCUT2D eigenvalue weighted by molar-refractivity contribution is 0.578. The van der Waals surface area contributed by atoms with Gasteiger partial charge in [0.25, 0.3) is 0 Å². The minimum absolute atomic E-state index is 0.0118. The normalized spacial score (nSPS) is 16.8. The zero-order chi connectivity index (χ0) is 35.3. The second-order valence-corrected chi connectivity index (χ2v) is 15.9. The number of benzene rings is 7. The molecule has 53 heavy (non-hydrogen) atoms. The van der Waals surface area contributed by atoms with Gasteiger partial charge < -0.3 is 5.32 Å². The summed E-state index contributed by atoms with van der Waals surface area (Å²) in [5.74, 6) is 0.841. The van der Waals surface area contributed by atoms with Crippen molar-refractivity contribution in [3.05, 3.63) is 181 Å². The maximum atomic E-state index is 5.59. The average molecular weight is 698 g/mol. The molecule has 1 aliphatic carbocycles. The third-order valence-electron chi connectivity index (χ3n) is 11.5. The Morgan fingerprint density at radius 2 is 1.21 bits per heavy atom. The molecule has 1 atom stereocenters. The van der Waals surface area contributed by atoms with Crippen LogP contribution in [0.4, 0.5) is 0 Å². The number of hydrogen-bond acceptors (Lipinski definition) is 3. The Morgan fingerprint density at radius 1 is 0.566 bits per heavy atom. The molecule has 0 radical (unpaired) electrons. The zero-order valence-electron chi connectivity index (χ0n) is 29.5. The highest BCUT2D eigenvalue weighted by molar-refractivity contribution is 7.25. The number of thiophene rings is 1. The van der Waals surface area contributed by atoms with Crippen molar-refractivity contribution in [2.24, 2.45) is 10.4 Å². The van der Waals surface area contributed by atoms with Crippen LogP contribution in [0.3, 0.4) is 0 Å². The third kappa shape index (κ3) is 4.55. The minimum Gasteiger partial charge on any atom is -0.345 e. The number of nitrogens with zero attached hydrogens (tertiary/aromatic N) is 2. The molecule has 1 N–H and O–H groups in total. The highest BCUT2D eigenvalue weighted by atomic mass is 32.1. The summed E-state index contributed by atoms with van der Waals surface area (Å²) in [6, 6.07) is 57.4. The minimum atomic E-state index is -0.222. The molecule has 7 aromatic carbocycles. The Labute approximate surface area is 311 Å². The predicted octanol–water partition coefficient (Wildman–Crippen LogP) is 12.7. The van der Waals surface area contributed by atoms with Crippen molar-refractivity contribution in [3.63, 3.8) is 0 Å². The fourth-order valence-corrected chi connectivity index (χ4v) is 10.1. The van der Waals surface area contributed by atoms with Gasteiger partial charge in [0, 0.05) is 41.9 Å². The van der Waals surface area contributed by atoms with Gasteiger partial charge in [0.2, 0.25) is 5.96 Å². The van der Waals surface area contributed by atoms with Crippen LogP contribution in [0.2, 0.25) is 0 Å². The largest absolute Gasteiger partial charge is 0.345 e. The van der Waals surface area contributed by atoms with Crippen molar-refractivity contribution < 1.29 is 0 Å². The number of allylic oxidation sites excluding steroid dienone is 1. The number of rotatable bonds is 3. The van der Waals surface area contributed by atoms with E-state index in [0.29, 0.717) is 0 Å². The summed E-state index contributed by atoms with van der Waals surface area (Å²) in [5.41, 5.74) is 10.5. The summed E-state index contributed by atoms with van der Waals surface area (Å²) in [6.07, 6.45) is 2.42. The quantitative estimate of drug-likeness (QED) is 0.196. The molecule has 1 aliphatic heterocycles. The fraction of sp³-hybridized carbons (Fsp3) is 0.0816. The van der Waals surface area contributed by atoms with Crippen LogP contribution in [0.15, 0.2) is 174 Å². The Balaban J connectivity index is 1.15. The topological polar surface area (TPSA) is 29.3 Å². The third-order valence-corrected chi connectivity index (χ3v) is 12.6. The maximum Gasteiger partial charge on any atom is 0.209 e. The Hall–Kier alpha value is -6.23. The van der Waals surface area contributed by atoms with Gasteiger partial charge in [-0.15, -0.1) is 11.3 Å². The van der Waals surface area contributed by atoms with Crippen molar-refractivity contribution in [3.8, 4) is 11.1 Å². The molecular weight excluding hydrogens is 663 g/mol. The molecule has 0 saturated carbocycles. The molecule has 0 saturated heterocycles. The van der Waals surface area contributed by atoms with E-state index in [4.69, 9.17) is 4.99 Å². The first kappa shape index (κ1) is 30.4. The fourth-order valence-electron chi connectivity index (χ4n) is 9.00. The van der Waals surface area contributed by atoms with Crippen molar-refractivity contribution in [1.29, 1.82) is 0 Å². The average Bonchev–Trinajstić information content (AvgIpc) is 3.84. The van der Waals surface area contributed by atoms with Crippen LogP contribution in [0.5, 0.6) is 0 Å². The monoisotopic (exact) mass is 697 g/mol. The first-order valence-corrected chi connectivity index (χ1v) is 19.2. The molecular formula is C49H35N3S. The first-order chi connectivity index (χ1) is 26.0. The highest BCUT2D eigenvalue weighted by Crippen LogP contribution is 2.52. The van der Waals surface area contributed by atoms with Crippen LogP contribution >= 0.6 is 11.3 Å². The molecule has 9 aromatic rings. The van der Waals surface area contributed by atoms with Gasteiger partial charge in [0.1, 0.15) is 0 Å². The van der Waals surface area contributed by atoms with E-state index < -0.39 is 0 Å². The second-order valence-electron chi connectivity index (χ2n) is 14.8. The molecule has 3 heterocycles. The first-order valence-electron chi connectivity index (χ1n) is 18.3. The Morgan fingerprint density at radius 3 is 2.02 bits per heavy atom. The molecule has 4 heteroatoms. The van der Waals surface area contributed by atoms with E-state index in [9.17, 15) is 0 Å². The summed E-state index contributed by atoms with van der Waals surface area (Å²) < 4.78 is 5.01. The van der Waals surface area contributed by atoms with Gasteiger partial charge >= 0.3 is 0 Å². The van der Waals surface area contributed by atoms with Crippen molar-refractivity contribution in [1.82, 2.24) is 9.88 Å². The lowest BCUT2D eigenvalue weighted by Gasteiger charge is -2.33. The lowest BCUT2D eigenvalue weighted by Crippen LogP contribution is -2.42. The van der Waals surface area contributed by atoms with Crippen LogP contribution < -0.4 is 5.32 Å². The molecule has 0 spiro atoms. The summed E-state index contributed by atoms with van der Waals surface area (Å²) in [4.78, 5) is 5.59. The molecule has 2 aromatic heterocycles. The highest BCUT2D eigenvalue weighted by Gasteiger charge is 2.44. The summed E-state index contributed by atoms with van der Waals surface area (Å²) in [7, 11) is 0. The summed E-state index contributed by atoms with van der Waals surface area (Å²) in [6.45, 7) is 4.69. The van der Waals surface area contributed by atoms with Crippen LogP contribution in [-0.2, 0) is 0 Å². The number of nitrogens with one attached hydrogen (secondary N) is 1. The smallest absolute Gasteiger partial charge is 0.209 e. The molecule has 1 unspecified atom stereocenters. The molecule has 0 amide bonds. The van der Waals surface area contributed by atoms with Crippen LogP contribution in [0.25, 0.3) is 75.1 Å². The standard InChI is InChI=1S/C49H35N3S/c1-49(2)39(31-14-5-3-6-15-31)29-40-46(49)47(32-16-7-4-8-17-32)51-48(50-40)52-41-24-22-33(28-38(41)45-35-18-10-9-13-30(35)21-25-42(45)52)34-23-26-44-37(27-34)36-19-11-12-20-43(36)53-44/h3-29,40H,1-2H3,(H,50,51). The van der Waals surface area contributed by atoms with Gasteiger partial charge in [-0.1, -0.05) is 141 Å². The number of hydrogen-bond donors (Lipinski definition) is 1. The van der Waals surface area contributed by atoms with Gasteiger partial charge in [-0.25, -0.2) is 4.99 Å². The van der Waals surface area contributed by atoms with Crippen LogP contribution in [0, 0.1) is 5.41 Å². The van der Waals surface area contributed by atoms with Crippen molar-refractivity contribution >= 4 is 81.3 Å². The Bertz CT molecular complexity index is 3050. The summed E-state index contributed by atoms with van der Waals surface area (Å²) in [5, 5.41) is 11.5. The predicted molar refractivity (Wildman–Crippen MR) is 227 cm³/mol. The van der Waals surface area contributed by atoms with Crippen molar-refractivity contribution in [2.75, 3.05) is 0 Å². The summed E-state index contributed by atoms with van der Waals surface area (Å²) >= 11 is 1.86. The number of fused-ring (bicyclic) bond motifs is 9. The Kier molecular flexibility index (Phi) is 6.53. The van der Waals surface area contributed by atoms with Gasteiger partial charge in [-0.05, 0) is 75.0 Å². The van der Waals surface area contributed by atoms with Gasteiger partial charge in [0.05, 0.1) is 22.8 Å². The maximum absolute atomic E-state index is 5.59. The van der Waals surface area contributed by atoms with Gasteiger partial charge in [-0.3, -0.25) is 4.57 Å². The SMILES string of the molecule is CC1(C)C(c2ccccc2)=CC2NC(n3c4ccc(-c5ccc6sc7ccccc7c6c5)cc4c4c5ccccc5ccc43)=NC(c3ccccc3)=C21. The second kappa shape index (κ2) is 11.4. The van der Waals surface area contributed by atoms with E-state index in [0.717, 1.165) is 28.3 Å². The zero-order valence-corrected chi connectivity index (χ0v) is 30.3. The molecule has 3 nitrogen and oxygen atoms in total. The molecule has 252 valence electrons. The van der Waals surface area contributed by atoms with Crippen LogP contribution in [-0.4, -0.2) is 16.6 Å². The van der Waals surface area contributed by atoms with Crippen molar-refractivity contribution in [2.45, 2.75) is 19.9 Å². The molecule has 11 rings (SSSR count). The van der Waals surface area contributed by atoms with Gasteiger partial charge in [-0.2, -0.15) is 0 Å². The molecule has 0 fully saturated rings. The molecule has 0 bridgehead atoms. The van der Waals surface area contributed by atoms with E-state index in [1.807, 2.05) is 11.3 Å². The van der Waals surface area contributed by atoms with Gasteiger partial charge in [0.15, 0.2) is 0 Å². The van der Waals surface area contributed by atoms with E-state index in [2.05, 4.69) is 188 Å². The lowest BCUT2D eigenvalue weighted by atomic mass is 9.76. The van der Waals surface area contributed by atoms with E-state index >= 15 is 0 Å².